The molecule has 0 N–H and O–H groups in total. The maximum Gasteiger partial charge on any atom is 0.00153 e. The molecule has 0 spiro atoms. The monoisotopic (exact) mass is 146 g/mol. The van der Waals surface area contributed by atoms with E-state index in [0.29, 0.717) is 5.92 Å². The molecule has 0 heterocycles. The average Bonchev–Trinajstić information content (AvgIpc) is 2.04. The maximum absolute atomic E-state index is 2.41. The van der Waals surface area contributed by atoms with E-state index in [9.17, 15) is 0 Å². The zero-order valence-corrected chi connectivity index (χ0v) is 6.96. The molecule has 0 aromatic rings. The normalized spacial score (nSPS) is 34.8. The van der Waals surface area contributed by atoms with Gasteiger partial charge in [-0.05, 0) is 25.7 Å². The highest BCUT2D eigenvalue weighted by atomic mass is 14.2. The Hall–Kier alpha value is -0.780. The van der Waals surface area contributed by atoms with E-state index in [1.807, 2.05) is 0 Å². The van der Waals surface area contributed by atoms with Gasteiger partial charge in [0, 0.05) is 5.92 Å². The van der Waals surface area contributed by atoms with Crippen LogP contribution in [0, 0.1) is 11.8 Å². The summed E-state index contributed by atoms with van der Waals surface area (Å²) in [5.41, 5.74) is 1.56. The molecule has 2 aliphatic carbocycles. The number of allylic oxidation sites excluding steroid dienone is 6. The van der Waals surface area contributed by atoms with Crippen LogP contribution in [-0.2, 0) is 0 Å². The van der Waals surface area contributed by atoms with Gasteiger partial charge in [0.15, 0.2) is 0 Å². The zero-order valence-electron chi connectivity index (χ0n) is 6.96. The number of hydrogen-bond acceptors (Lipinski definition) is 0. The summed E-state index contributed by atoms with van der Waals surface area (Å²) in [6.45, 7) is 2.24. The van der Waals surface area contributed by atoms with E-state index >= 15 is 0 Å². The third-order valence-corrected chi connectivity index (χ3v) is 2.65. The molecule has 2 aliphatic rings. The Labute approximate surface area is 68.3 Å². The third-order valence-electron chi connectivity index (χ3n) is 2.65. The van der Waals surface area contributed by atoms with Crippen LogP contribution in [0.25, 0.3) is 0 Å². The molecule has 0 radical (unpaired) electrons. The van der Waals surface area contributed by atoms with E-state index in [1.165, 1.54) is 12.8 Å². The van der Waals surface area contributed by atoms with Crippen LogP contribution in [0.5, 0.6) is 0 Å². The quantitative estimate of drug-likeness (QED) is 0.461. The Morgan fingerprint density at radius 3 is 3.00 bits per heavy atom. The van der Waals surface area contributed by atoms with Gasteiger partial charge in [0.05, 0.1) is 0 Å². The van der Waals surface area contributed by atoms with Crippen molar-refractivity contribution in [3.63, 3.8) is 0 Å². The predicted octanol–water partition coefficient (Wildman–Crippen LogP) is 3.08. The second kappa shape index (κ2) is 2.69. The van der Waals surface area contributed by atoms with Crippen molar-refractivity contribution in [3.8, 4) is 0 Å². The van der Waals surface area contributed by atoms with Gasteiger partial charge in [-0.3, -0.25) is 0 Å². The van der Waals surface area contributed by atoms with E-state index in [0.717, 1.165) is 5.92 Å². The SMILES string of the molecule is CC1=CC2C=CC=CC2CC1. The van der Waals surface area contributed by atoms with Crippen molar-refractivity contribution in [2.75, 3.05) is 0 Å². The molecule has 0 heteroatoms. The molecule has 0 aromatic heterocycles. The zero-order chi connectivity index (χ0) is 7.68. The fraction of sp³-hybridized carbons (Fsp3) is 0.455. The van der Waals surface area contributed by atoms with Crippen molar-refractivity contribution in [2.45, 2.75) is 19.8 Å². The lowest BCUT2D eigenvalue weighted by atomic mass is 9.79. The lowest BCUT2D eigenvalue weighted by Crippen LogP contribution is -2.14. The molecular formula is C11H14. The van der Waals surface area contributed by atoms with Crippen LogP contribution < -0.4 is 0 Å². The number of rotatable bonds is 0. The van der Waals surface area contributed by atoms with Gasteiger partial charge in [0.25, 0.3) is 0 Å². The molecule has 0 saturated carbocycles. The van der Waals surface area contributed by atoms with E-state index < -0.39 is 0 Å². The Kier molecular flexibility index (Phi) is 1.69. The second-order valence-electron chi connectivity index (χ2n) is 3.56. The van der Waals surface area contributed by atoms with Crippen molar-refractivity contribution < 1.29 is 0 Å². The maximum atomic E-state index is 2.41. The highest BCUT2D eigenvalue weighted by molar-refractivity contribution is 5.23. The summed E-state index contributed by atoms with van der Waals surface area (Å²) in [4.78, 5) is 0. The van der Waals surface area contributed by atoms with E-state index in [-0.39, 0.29) is 0 Å². The summed E-state index contributed by atoms with van der Waals surface area (Å²) >= 11 is 0. The first-order valence-corrected chi connectivity index (χ1v) is 4.38. The molecule has 0 amide bonds. The molecule has 0 aromatic carbocycles. The van der Waals surface area contributed by atoms with Gasteiger partial charge in [-0.1, -0.05) is 36.0 Å². The van der Waals surface area contributed by atoms with Crippen LogP contribution in [0.4, 0.5) is 0 Å². The molecule has 58 valence electrons. The first-order chi connectivity index (χ1) is 5.36. The van der Waals surface area contributed by atoms with Crippen LogP contribution in [0.2, 0.25) is 0 Å². The van der Waals surface area contributed by atoms with Gasteiger partial charge < -0.3 is 0 Å². The summed E-state index contributed by atoms with van der Waals surface area (Å²) in [6, 6.07) is 0. The Bertz CT molecular complexity index is 230. The third kappa shape index (κ3) is 1.30. The van der Waals surface area contributed by atoms with Gasteiger partial charge in [0.1, 0.15) is 0 Å². The van der Waals surface area contributed by atoms with Gasteiger partial charge in [-0.2, -0.15) is 0 Å². The molecule has 0 nitrogen and oxygen atoms in total. The highest BCUT2D eigenvalue weighted by Crippen LogP contribution is 2.32. The topological polar surface area (TPSA) is 0 Å². The van der Waals surface area contributed by atoms with Crippen molar-refractivity contribution in [1.29, 1.82) is 0 Å². The Morgan fingerprint density at radius 2 is 2.09 bits per heavy atom. The second-order valence-corrected chi connectivity index (χ2v) is 3.56. The number of fused-ring (bicyclic) bond motifs is 1. The average molecular weight is 146 g/mol. The molecule has 0 aliphatic heterocycles. The van der Waals surface area contributed by atoms with Crippen LogP contribution in [0.15, 0.2) is 36.0 Å². The highest BCUT2D eigenvalue weighted by Gasteiger charge is 2.19. The molecule has 2 rings (SSSR count). The first-order valence-electron chi connectivity index (χ1n) is 4.38. The largest absolute Gasteiger partial charge is 0.0805 e. The van der Waals surface area contributed by atoms with Crippen molar-refractivity contribution in [1.82, 2.24) is 0 Å². The summed E-state index contributed by atoms with van der Waals surface area (Å²) in [7, 11) is 0. The fourth-order valence-corrected chi connectivity index (χ4v) is 1.94. The summed E-state index contributed by atoms with van der Waals surface area (Å²) in [5, 5.41) is 0. The molecule has 11 heavy (non-hydrogen) atoms. The van der Waals surface area contributed by atoms with Gasteiger partial charge in [-0.25, -0.2) is 0 Å². The Balaban J connectivity index is 2.22. The fourth-order valence-electron chi connectivity index (χ4n) is 1.94. The number of hydrogen-bond donors (Lipinski definition) is 0. The molecular weight excluding hydrogens is 132 g/mol. The molecule has 0 fully saturated rings. The predicted molar refractivity (Wildman–Crippen MR) is 48.3 cm³/mol. The standard InChI is InChI=1S/C11H14/c1-9-6-7-10-4-2-3-5-11(10)8-9/h2-5,8,10-11H,6-7H2,1H3. The Morgan fingerprint density at radius 1 is 1.27 bits per heavy atom. The van der Waals surface area contributed by atoms with Gasteiger partial charge >= 0.3 is 0 Å². The first kappa shape index (κ1) is 6.90. The van der Waals surface area contributed by atoms with Gasteiger partial charge in [0.2, 0.25) is 0 Å². The van der Waals surface area contributed by atoms with Crippen molar-refractivity contribution in [2.24, 2.45) is 11.8 Å². The van der Waals surface area contributed by atoms with E-state index in [4.69, 9.17) is 0 Å². The summed E-state index contributed by atoms with van der Waals surface area (Å²) in [6.07, 6.45) is 14.0. The van der Waals surface area contributed by atoms with Crippen LogP contribution in [0.1, 0.15) is 19.8 Å². The minimum Gasteiger partial charge on any atom is -0.0805 e. The van der Waals surface area contributed by atoms with Crippen molar-refractivity contribution in [3.05, 3.63) is 36.0 Å². The summed E-state index contributed by atoms with van der Waals surface area (Å²) in [5.74, 6) is 1.50. The molecule has 0 saturated heterocycles. The smallest absolute Gasteiger partial charge is 0.00153 e. The van der Waals surface area contributed by atoms with E-state index in [2.05, 4.69) is 37.3 Å². The lowest BCUT2D eigenvalue weighted by molar-refractivity contribution is 0.480. The van der Waals surface area contributed by atoms with Crippen LogP contribution in [0.3, 0.4) is 0 Å². The molecule has 2 atom stereocenters. The molecule has 2 unspecified atom stereocenters. The van der Waals surface area contributed by atoms with Crippen molar-refractivity contribution >= 4 is 0 Å². The van der Waals surface area contributed by atoms with Crippen LogP contribution in [-0.4, -0.2) is 0 Å². The molecule has 0 bridgehead atoms. The van der Waals surface area contributed by atoms with Crippen LogP contribution >= 0.6 is 0 Å². The lowest BCUT2D eigenvalue weighted by Gasteiger charge is -2.26. The minimum atomic E-state index is 0.703. The van der Waals surface area contributed by atoms with E-state index in [1.54, 1.807) is 5.57 Å². The van der Waals surface area contributed by atoms with Gasteiger partial charge in [-0.15, -0.1) is 0 Å². The minimum absolute atomic E-state index is 0.703. The summed E-state index contributed by atoms with van der Waals surface area (Å²) < 4.78 is 0.